The molecular formula is C19H24N4O3S. The van der Waals surface area contributed by atoms with Crippen molar-refractivity contribution < 1.29 is 9.72 Å². The van der Waals surface area contributed by atoms with E-state index in [2.05, 4.69) is 11.5 Å². The number of nitro groups is 1. The Hall–Kier alpha value is -2.35. The second-order valence-corrected chi connectivity index (χ2v) is 7.92. The van der Waals surface area contributed by atoms with Crippen molar-refractivity contribution in [2.24, 2.45) is 5.73 Å². The lowest BCUT2D eigenvalue weighted by Crippen LogP contribution is -2.15. The van der Waals surface area contributed by atoms with Gasteiger partial charge in [-0.1, -0.05) is 37.1 Å². The molecule has 144 valence electrons. The van der Waals surface area contributed by atoms with Crippen molar-refractivity contribution in [3.63, 3.8) is 0 Å². The molecule has 0 spiro atoms. The molecule has 1 aliphatic rings. The lowest BCUT2D eigenvalue weighted by atomic mass is 9.95. The lowest BCUT2D eigenvalue weighted by Gasteiger charge is -2.26. The van der Waals surface area contributed by atoms with Gasteiger partial charge in [0.05, 0.1) is 10.6 Å². The molecule has 1 saturated carbocycles. The van der Waals surface area contributed by atoms with Crippen LogP contribution in [0.1, 0.15) is 65.5 Å². The molecule has 8 heteroatoms. The van der Waals surface area contributed by atoms with Gasteiger partial charge in [-0.2, -0.15) is 0 Å². The van der Waals surface area contributed by atoms with Crippen LogP contribution in [0.3, 0.4) is 0 Å². The first-order valence-corrected chi connectivity index (χ1v) is 10.1. The maximum Gasteiger partial charge on any atom is 0.274 e. The SMILES string of the molecule is Cc1nc(SCc2ccc(C(N)=O)cc2[N+](=O)[O-])n(C2CCCCC2)c1C. The van der Waals surface area contributed by atoms with Crippen molar-refractivity contribution in [1.29, 1.82) is 0 Å². The molecule has 3 rings (SSSR count). The molecule has 0 bridgehead atoms. The molecule has 0 aliphatic heterocycles. The molecule has 27 heavy (non-hydrogen) atoms. The predicted octanol–water partition coefficient (Wildman–Crippen LogP) is 4.30. The number of hydrogen-bond acceptors (Lipinski definition) is 5. The van der Waals surface area contributed by atoms with E-state index in [0.29, 0.717) is 17.4 Å². The van der Waals surface area contributed by atoms with Crippen molar-refractivity contribution in [3.8, 4) is 0 Å². The molecule has 0 unspecified atom stereocenters. The van der Waals surface area contributed by atoms with Crippen molar-refractivity contribution >= 4 is 23.4 Å². The maximum atomic E-state index is 11.4. The zero-order valence-electron chi connectivity index (χ0n) is 15.6. The number of aromatic nitrogens is 2. The average Bonchev–Trinajstić information content (AvgIpc) is 2.94. The molecule has 0 saturated heterocycles. The highest BCUT2D eigenvalue weighted by Crippen LogP contribution is 2.36. The third-order valence-electron chi connectivity index (χ3n) is 5.22. The van der Waals surface area contributed by atoms with Crippen LogP contribution < -0.4 is 5.73 Å². The standard InChI is InChI=1S/C19H24N4O3S/c1-12-13(2)22(16-6-4-3-5-7-16)19(21-12)27-11-15-9-8-14(18(20)24)10-17(15)23(25)26/h8-10,16H,3-7,11H2,1-2H3,(H2,20,24). The molecule has 1 amide bonds. The summed E-state index contributed by atoms with van der Waals surface area (Å²) in [7, 11) is 0. The Morgan fingerprint density at radius 1 is 1.33 bits per heavy atom. The number of carbonyl (C=O) groups is 1. The van der Waals surface area contributed by atoms with Gasteiger partial charge in [-0.25, -0.2) is 4.98 Å². The van der Waals surface area contributed by atoms with Crippen molar-refractivity contribution in [1.82, 2.24) is 9.55 Å². The number of amides is 1. The van der Waals surface area contributed by atoms with E-state index in [1.165, 1.54) is 48.9 Å². The number of hydrogen-bond donors (Lipinski definition) is 1. The molecular weight excluding hydrogens is 364 g/mol. The maximum absolute atomic E-state index is 11.4. The normalized spacial score (nSPS) is 15.0. The van der Waals surface area contributed by atoms with E-state index in [4.69, 9.17) is 10.7 Å². The number of nitro benzene ring substituents is 1. The molecule has 0 radical (unpaired) electrons. The zero-order chi connectivity index (χ0) is 19.6. The second kappa shape index (κ2) is 8.12. The largest absolute Gasteiger partial charge is 0.366 e. The number of thioether (sulfide) groups is 1. The Labute approximate surface area is 162 Å². The molecule has 1 heterocycles. The van der Waals surface area contributed by atoms with Crippen LogP contribution >= 0.6 is 11.8 Å². The van der Waals surface area contributed by atoms with Crippen LogP contribution in [0.5, 0.6) is 0 Å². The average molecular weight is 388 g/mol. The van der Waals surface area contributed by atoms with Gasteiger partial charge in [-0.15, -0.1) is 0 Å². The van der Waals surface area contributed by atoms with Gasteiger partial charge in [-0.05, 0) is 32.8 Å². The van der Waals surface area contributed by atoms with Crippen molar-refractivity contribution in [2.45, 2.75) is 62.9 Å². The smallest absolute Gasteiger partial charge is 0.274 e. The monoisotopic (exact) mass is 388 g/mol. The summed E-state index contributed by atoms with van der Waals surface area (Å²) >= 11 is 1.51. The van der Waals surface area contributed by atoms with Crippen LogP contribution in [0.4, 0.5) is 5.69 Å². The van der Waals surface area contributed by atoms with Crippen LogP contribution in [0.15, 0.2) is 23.4 Å². The summed E-state index contributed by atoms with van der Waals surface area (Å²) < 4.78 is 2.31. The summed E-state index contributed by atoms with van der Waals surface area (Å²) in [6.07, 6.45) is 6.04. The first-order valence-electron chi connectivity index (χ1n) is 9.14. The molecule has 7 nitrogen and oxygen atoms in total. The number of nitrogens with two attached hydrogens (primary N) is 1. The molecule has 0 atom stereocenters. The summed E-state index contributed by atoms with van der Waals surface area (Å²) in [5, 5.41) is 12.3. The molecule has 1 aliphatic carbocycles. The lowest BCUT2D eigenvalue weighted by molar-refractivity contribution is -0.385. The van der Waals surface area contributed by atoms with Crippen molar-refractivity contribution in [2.75, 3.05) is 0 Å². The van der Waals surface area contributed by atoms with Gasteiger partial charge in [-0.3, -0.25) is 14.9 Å². The summed E-state index contributed by atoms with van der Waals surface area (Å²) in [5.74, 6) is -0.255. The molecule has 1 aromatic carbocycles. The van der Waals surface area contributed by atoms with Crippen LogP contribution in [-0.4, -0.2) is 20.4 Å². The van der Waals surface area contributed by atoms with Crippen LogP contribution in [0, 0.1) is 24.0 Å². The highest BCUT2D eigenvalue weighted by Gasteiger charge is 2.23. The fourth-order valence-electron chi connectivity index (χ4n) is 3.62. The summed E-state index contributed by atoms with van der Waals surface area (Å²) in [6.45, 7) is 4.09. The van der Waals surface area contributed by atoms with Crippen LogP contribution in [-0.2, 0) is 5.75 Å². The quantitative estimate of drug-likeness (QED) is 0.451. The van der Waals surface area contributed by atoms with Gasteiger partial charge in [0.25, 0.3) is 5.69 Å². The van der Waals surface area contributed by atoms with Gasteiger partial charge in [0.1, 0.15) is 0 Å². The second-order valence-electron chi connectivity index (χ2n) is 6.98. The van der Waals surface area contributed by atoms with E-state index < -0.39 is 10.8 Å². The van der Waals surface area contributed by atoms with E-state index in [-0.39, 0.29) is 11.3 Å². The van der Waals surface area contributed by atoms with Gasteiger partial charge in [0, 0.05) is 34.7 Å². The number of primary amides is 1. The van der Waals surface area contributed by atoms with Gasteiger partial charge in [0.2, 0.25) is 5.91 Å². The van der Waals surface area contributed by atoms with E-state index >= 15 is 0 Å². The minimum absolute atomic E-state index is 0.0805. The fourth-order valence-corrected chi connectivity index (χ4v) is 4.77. The molecule has 2 aromatic rings. The third-order valence-corrected chi connectivity index (χ3v) is 6.22. The van der Waals surface area contributed by atoms with Crippen LogP contribution in [0.25, 0.3) is 0 Å². The van der Waals surface area contributed by atoms with E-state index in [1.807, 2.05) is 6.92 Å². The Kier molecular flexibility index (Phi) is 5.84. The highest BCUT2D eigenvalue weighted by atomic mass is 32.2. The predicted molar refractivity (Wildman–Crippen MR) is 105 cm³/mol. The van der Waals surface area contributed by atoms with Gasteiger partial charge >= 0.3 is 0 Å². The van der Waals surface area contributed by atoms with E-state index in [1.54, 1.807) is 6.07 Å². The number of aryl methyl sites for hydroxylation is 1. The Bertz CT molecular complexity index is 872. The molecule has 1 aromatic heterocycles. The third kappa shape index (κ3) is 4.16. The first-order chi connectivity index (χ1) is 12.9. The Balaban J connectivity index is 1.86. The Morgan fingerprint density at radius 2 is 2.04 bits per heavy atom. The number of nitrogens with zero attached hydrogens (tertiary/aromatic N) is 3. The number of carbonyl (C=O) groups excluding carboxylic acids is 1. The minimum atomic E-state index is -0.670. The topological polar surface area (TPSA) is 104 Å². The highest BCUT2D eigenvalue weighted by molar-refractivity contribution is 7.98. The van der Waals surface area contributed by atoms with E-state index in [0.717, 1.165) is 23.7 Å². The number of benzene rings is 1. The number of rotatable bonds is 6. The zero-order valence-corrected chi connectivity index (χ0v) is 16.4. The summed E-state index contributed by atoms with van der Waals surface area (Å²) in [6, 6.07) is 4.85. The van der Waals surface area contributed by atoms with Crippen LogP contribution in [0.2, 0.25) is 0 Å². The number of imidazole rings is 1. The molecule has 2 N–H and O–H groups in total. The fraction of sp³-hybridized carbons (Fsp3) is 0.474. The minimum Gasteiger partial charge on any atom is -0.366 e. The van der Waals surface area contributed by atoms with Gasteiger partial charge < -0.3 is 10.3 Å². The first kappa shape index (κ1) is 19.4. The van der Waals surface area contributed by atoms with Gasteiger partial charge in [0.15, 0.2) is 5.16 Å². The summed E-state index contributed by atoms with van der Waals surface area (Å²) in [5.41, 5.74) is 8.03. The van der Waals surface area contributed by atoms with Crippen molar-refractivity contribution in [3.05, 3.63) is 50.8 Å². The van der Waals surface area contributed by atoms with E-state index in [9.17, 15) is 14.9 Å². The Morgan fingerprint density at radius 3 is 2.67 bits per heavy atom. The molecule has 1 fully saturated rings. The summed E-state index contributed by atoms with van der Waals surface area (Å²) in [4.78, 5) is 26.9.